The molecule has 1 N–H and O–H groups in total. The Hall–Kier alpha value is -4.17. The standard InChI is InChI=1S/C29H26FNO5S/c1-3-37(33,34)24-14-12-20(13-15-24)18-27(32)31-26-17-16-25(21-8-5-4-6-9-21)29(28(26)30)36-23-11-7-10-22(19-23)35-2/h4-17,19H,3,18H2,1-2H3,(H,31,32). The number of carbonyl (C=O) groups is 1. The minimum absolute atomic E-state index is 0.00868. The molecule has 6 nitrogen and oxygen atoms in total. The van der Waals surface area contributed by atoms with Gasteiger partial charge in [0.1, 0.15) is 11.5 Å². The van der Waals surface area contributed by atoms with Crippen LogP contribution in [-0.4, -0.2) is 27.2 Å². The van der Waals surface area contributed by atoms with Crippen LogP contribution < -0.4 is 14.8 Å². The average Bonchev–Trinajstić information content (AvgIpc) is 2.92. The van der Waals surface area contributed by atoms with Crippen LogP contribution in [0.5, 0.6) is 17.2 Å². The third kappa shape index (κ3) is 6.16. The molecule has 0 fully saturated rings. The van der Waals surface area contributed by atoms with Gasteiger partial charge in [-0.05, 0) is 47.5 Å². The van der Waals surface area contributed by atoms with Crippen molar-refractivity contribution >= 4 is 21.4 Å². The van der Waals surface area contributed by atoms with E-state index in [9.17, 15) is 13.2 Å². The third-order valence-corrected chi connectivity index (χ3v) is 7.49. The first kappa shape index (κ1) is 25.9. The van der Waals surface area contributed by atoms with Crippen molar-refractivity contribution in [2.75, 3.05) is 18.2 Å². The predicted molar refractivity (Wildman–Crippen MR) is 141 cm³/mol. The lowest BCUT2D eigenvalue weighted by Crippen LogP contribution is -2.16. The van der Waals surface area contributed by atoms with Gasteiger partial charge in [0.05, 0.1) is 29.9 Å². The number of rotatable bonds is 9. The lowest BCUT2D eigenvalue weighted by molar-refractivity contribution is -0.115. The van der Waals surface area contributed by atoms with E-state index < -0.39 is 21.6 Å². The van der Waals surface area contributed by atoms with Crippen molar-refractivity contribution in [2.45, 2.75) is 18.2 Å². The zero-order chi connectivity index (χ0) is 26.4. The SMILES string of the molecule is CCS(=O)(=O)c1ccc(CC(=O)Nc2ccc(-c3ccccc3)c(Oc3cccc(OC)c3)c2F)cc1. The van der Waals surface area contributed by atoms with Crippen LogP contribution in [0.2, 0.25) is 0 Å². The molecule has 0 saturated heterocycles. The minimum atomic E-state index is -3.33. The molecule has 0 spiro atoms. The van der Waals surface area contributed by atoms with E-state index in [0.717, 1.165) is 5.56 Å². The molecular formula is C29H26FNO5S. The first-order valence-corrected chi connectivity index (χ1v) is 13.3. The van der Waals surface area contributed by atoms with Crippen molar-refractivity contribution < 1.29 is 27.1 Å². The van der Waals surface area contributed by atoms with Gasteiger partial charge in [-0.2, -0.15) is 0 Å². The Bertz CT molecular complexity index is 1500. The second-order valence-electron chi connectivity index (χ2n) is 8.22. The zero-order valence-corrected chi connectivity index (χ0v) is 21.2. The van der Waals surface area contributed by atoms with Gasteiger partial charge in [-0.15, -0.1) is 0 Å². The summed E-state index contributed by atoms with van der Waals surface area (Å²) >= 11 is 0. The molecule has 0 heterocycles. The molecule has 0 atom stereocenters. The predicted octanol–water partition coefficient (Wildman–Crippen LogP) is 6.27. The molecule has 0 aliphatic heterocycles. The molecule has 4 aromatic rings. The van der Waals surface area contributed by atoms with Crippen molar-refractivity contribution in [1.29, 1.82) is 0 Å². The summed E-state index contributed by atoms with van der Waals surface area (Å²) in [6, 6.07) is 25.3. The fraction of sp³-hybridized carbons (Fsp3) is 0.138. The maximum atomic E-state index is 15.8. The van der Waals surface area contributed by atoms with Crippen LogP contribution in [0.25, 0.3) is 11.1 Å². The molecule has 0 unspecified atom stereocenters. The van der Waals surface area contributed by atoms with Gasteiger partial charge in [-0.1, -0.05) is 55.5 Å². The number of sulfone groups is 1. The summed E-state index contributed by atoms with van der Waals surface area (Å²) in [7, 11) is -1.80. The van der Waals surface area contributed by atoms with E-state index in [0.29, 0.717) is 22.6 Å². The van der Waals surface area contributed by atoms with Gasteiger partial charge in [-0.3, -0.25) is 4.79 Å². The summed E-state index contributed by atoms with van der Waals surface area (Å²) < 4.78 is 51.0. The molecule has 0 radical (unpaired) electrons. The molecular weight excluding hydrogens is 493 g/mol. The minimum Gasteiger partial charge on any atom is -0.497 e. The fourth-order valence-electron chi connectivity index (χ4n) is 3.74. The van der Waals surface area contributed by atoms with Crippen molar-refractivity contribution in [3.8, 4) is 28.4 Å². The lowest BCUT2D eigenvalue weighted by atomic mass is 10.0. The Morgan fingerprint density at radius 3 is 2.27 bits per heavy atom. The van der Waals surface area contributed by atoms with Crippen LogP contribution >= 0.6 is 0 Å². The van der Waals surface area contributed by atoms with Gasteiger partial charge < -0.3 is 14.8 Å². The number of anilines is 1. The number of nitrogens with one attached hydrogen (secondary N) is 1. The van der Waals surface area contributed by atoms with E-state index in [1.54, 1.807) is 49.4 Å². The number of methoxy groups -OCH3 is 1. The van der Waals surface area contributed by atoms with E-state index in [4.69, 9.17) is 9.47 Å². The molecule has 37 heavy (non-hydrogen) atoms. The second kappa shape index (κ2) is 11.3. The summed E-state index contributed by atoms with van der Waals surface area (Å²) in [6.45, 7) is 1.57. The summed E-state index contributed by atoms with van der Waals surface area (Å²) in [5, 5.41) is 2.61. The van der Waals surface area contributed by atoms with Crippen LogP contribution in [0.15, 0.2) is 95.9 Å². The quantitative estimate of drug-likeness (QED) is 0.282. The molecule has 0 bridgehead atoms. The van der Waals surface area contributed by atoms with Crippen molar-refractivity contribution in [3.05, 3.63) is 102 Å². The highest BCUT2D eigenvalue weighted by Crippen LogP contribution is 2.39. The van der Waals surface area contributed by atoms with E-state index in [-0.39, 0.29) is 28.5 Å². The monoisotopic (exact) mass is 519 g/mol. The summed E-state index contributed by atoms with van der Waals surface area (Å²) in [6.07, 6.45) is -0.0571. The number of halogens is 1. The maximum absolute atomic E-state index is 15.8. The molecule has 4 rings (SSSR count). The van der Waals surface area contributed by atoms with Crippen LogP contribution in [0.1, 0.15) is 12.5 Å². The largest absolute Gasteiger partial charge is 0.497 e. The Morgan fingerprint density at radius 2 is 1.59 bits per heavy atom. The van der Waals surface area contributed by atoms with E-state index >= 15 is 4.39 Å². The Kier molecular flexibility index (Phi) is 7.89. The van der Waals surface area contributed by atoms with E-state index in [1.807, 2.05) is 30.3 Å². The van der Waals surface area contributed by atoms with Crippen molar-refractivity contribution in [1.82, 2.24) is 0 Å². The maximum Gasteiger partial charge on any atom is 0.228 e. The fourth-order valence-corrected chi connectivity index (χ4v) is 4.63. The molecule has 0 saturated carbocycles. The number of ether oxygens (including phenoxy) is 2. The smallest absolute Gasteiger partial charge is 0.228 e. The normalized spacial score (nSPS) is 11.1. The Balaban J connectivity index is 1.61. The van der Waals surface area contributed by atoms with Gasteiger partial charge in [0, 0.05) is 11.6 Å². The molecule has 0 aliphatic carbocycles. The van der Waals surface area contributed by atoms with Crippen LogP contribution in [0.4, 0.5) is 10.1 Å². The molecule has 0 aliphatic rings. The summed E-state index contributed by atoms with van der Waals surface area (Å²) in [5.74, 6) is -0.286. The Morgan fingerprint density at radius 1 is 0.892 bits per heavy atom. The van der Waals surface area contributed by atoms with E-state index in [1.165, 1.54) is 25.3 Å². The number of carbonyl (C=O) groups excluding carboxylic acids is 1. The number of hydrogen-bond donors (Lipinski definition) is 1. The Labute approximate surface area is 215 Å². The molecule has 1 amide bonds. The number of benzene rings is 4. The van der Waals surface area contributed by atoms with Gasteiger partial charge >= 0.3 is 0 Å². The summed E-state index contributed by atoms with van der Waals surface area (Å²) in [5.41, 5.74) is 1.83. The van der Waals surface area contributed by atoms with Crippen LogP contribution in [0, 0.1) is 5.82 Å². The first-order valence-electron chi connectivity index (χ1n) is 11.6. The molecule has 8 heteroatoms. The van der Waals surface area contributed by atoms with Crippen molar-refractivity contribution in [2.24, 2.45) is 0 Å². The number of amides is 1. The highest BCUT2D eigenvalue weighted by molar-refractivity contribution is 7.91. The van der Waals surface area contributed by atoms with Crippen LogP contribution in [-0.2, 0) is 21.1 Å². The molecule has 0 aromatic heterocycles. The highest BCUT2D eigenvalue weighted by Gasteiger charge is 2.19. The highest BCUT2D eigenvalue weighted by atomic mass is 32.2. The zero-order valence-electron chi connectivity index (χ0n) is 20.4. The molecule has 190 valence electrons. The first-order chi connectivity index (χ1) is 17.8. The van der Waals surface area contributed by atoms with E-state index in [2.05, 4.69) is 5.32 Å². The lowest BCUT2D eigenvalue weighted by Gasteiger charge is -2.16. The van der Waals surface area contributed by atoms with Gasteiger partial charge in [-0.25, -0.2) is 12.8 Å². The van der Waals surface area contributed by atoms with Crippen molar-refractivity contribution in [3.63, 3.8) is 0 Å². The topological polar surface area (TPSA) is 81.7 Å². The van der Waals surface area contributed by atoms with Crippen LogP contribution in [0.3, 0.4) is 0 Å². The van der Waals surface area contributed by atoms with Gasteiger partial charge in [0.15, 0.2) is 21.4 Å². The third-order valence-electron chi connectivity index (χ3n) is 5.74. The van der Waals surface area contributed by atoms with Gasteiger partial charge in [0.2, 0.25) is 5.91 Å². The second-order valence-corrected chi connectivity index (χ2v) is 10.5. The number of hydrogen-bond acceptors (Lipinski definition) is 5. The summed E-state index contributed by atoms with van der Waals surface area (Å²) in [4.78, 5) is 12.9. The average molecular weight is 520 g/mol. The van der Waals surface area contributed by atoms with Gasteiger partial charge in [0.25, 0.3) is 0 Å². The molecule has 4 aromatic carbocycles.